The molecule has 6 nitrogen and oxygen atoms in total. The molecule has 158 valence electrons. The summed E-state index contributed by atoms with van der Waals surface area (Å²) in [6.07, 6.45) is -0.730. The standard InChI is InChI=1S/C21H19Br2NO5S/c1-20(2)16(24-18(26)21(22,23)19(24)30(20,27)28)17(25)29-15(13-9-5-3-6-10-13)14-11-7-4-8-12-14/h3-12,15-16,19H,1-2H3/t16-,19+/m0/s1. The van der Waals surface area contributed by atoms with Gasteiger partial charge in [0.1, 0.15) is 10.8 Å². The van der Waals surface area contributed by atoms with Gasteiger partial charge < -0.3 is 9.64 Å². The molecule has 2 aromatic rings. The number of carbonyl (C=O) groups excluding carboxylic acids is 2. The highest BCUT2D eigenvalue weighted by Gasteiger charge is 2.77. The van der Waals surface area contributed by atoms with Crippen molar-refractivity contribution in [2.24, 2.45) is 0 Å². The van der Waals surface area contributed by atoms with Crippen molar-refractivity contribution in [3.8, 4) is 0 Å². The third kappa shape index (κ3) is 2.97. The van der Waals surface area contributed by atoms with E-state index in [1.807, 2.05) is 60.7 Å². The van der Waals surface area contributed by atoms with Gasteiger partial charge in [-0.2, -0.15) is 0 Å². The fraction of sp³-hybridized carbons (Fsp3) is 0.333. The highest BCUT2D eigenvalue weighted by Crippen LogP contribution is 2.57. The van der Waals surface area contributed by atoms with Crippen LogP contribution in [0.3, 0.4) is 0 Å². The Labute approximate surface area is 191 Å². The molecule has 0 saturated carbocycles. The predicted octanol–water partition coefficient (Wildman–Crippen LogP) is 3.55. The average molecular weight is 557 g/mol. The fourth-order valence-electron chi connectivity index (χ4n) is 4.03. The molecule has 0 unspecified atom stereocenters. The van der Waals surface area contributed by atoms with E-state index in [4.69, 9.17) is 4.74 Å². The first kappa shape index (κ1) is 21.5. The zero-order valence-corrected chi connectivity index (χ0v) is 20.1. The van der Waals surface area contributed by atoms with Crippen molar-refractivity contribution >= 4 is 53.6 Å². The van der Waals surface area contributed by atoms with Crippen LogP contribution in [-0.2, 0) is 24.2 Å². The number of halogens is 2. The van der Waals surface area contributed by atoms with E-state index in [1.54, 1.807) is 0 Å². The van der Waals surface area contributed by atoms with Gasteiger partial charge in [-0.1, -0.05) is 92.5 Å². The molecule has 2 aliphatic heterocycles. The van der Waals surface area contributed by atoms with Crippen LogP contribution in [0, 0.1) is 0 Å². The Morgan fingerprint density at radius 2 is 1.47 bits per heavy atom. The lowest BCUT2D eigenvalue weighted by molar-refractivity contribution is -0.164. The number of alkyl halides is 2. The van der Waals surface area contributed by atoms with Gasteiger partial charge in [-0.15, -0.1) is 0 Å². The summed E-state index contributed by atoms with van der Waals surface area (Å²) in [6.45, 7) is 2.91. The van der Waals surface area contributed by atoms with Crippen LogP contribution in [0.4, 0.5) is 0 Å². The van der Waals surface area contributed by atoms with Gasteiger partial charge in [-0.25, -0.2) is 13.2 Å². The summed E-state index contributed by atoms with van der Waals surface area (Å²) in [5.74, 6) is -1.27. The van der Waals surface area contributed by atoms with Crippen molar-refractivity contribution in [3.63, 3.8) is 0 Å². The molecule has 0 spiro atoms. The summed E-state index contributed by atoms with van der Waals surface area (Å²) in [5, 5.41) is -1.18. The minimum absolute atomic E-state index is 0.514. The van der Waals surface area contributed by atoms with Crippen molar-refractivity contribution in [3.05, 3.63) is 71.8 Å². The van der Waals surface area contributed by atoms with Crippen molar-refractivity contribution in [1.29, 1.82) is 0 Å². The third-order valence-corrected chi connectivity index (χ3v) is 10.7. The summed E-state index contributed by atoms with van der Waals surface area (Å²) in [7, 11) is -3.85. The summed E-state index contributed by atoms with van der Waals surface area (Å²) in [5.41, 5.74) is 1.50. The Balaban J connectivity index is 1.72. The van der Waals surface area contributed by atoms with Crippen LogP contribution in [0.2, 0.25) is 0 Å². The van der Waals surface area contributed by atoms with E-state index in [0.29, 0.717) is 0 Å². The lowest BCUT2D eigenvalue weighted by Crippen LogP contribution is -2.69. The molecule has 9 heteroatoms. The van der Waals surface area contributed by atoms with Crippen molar-refractivity contribution in [2.45, 2.75) is 39.3 Å². The summed E-state index contributed by atoms with van der Waals surface area (Å²) >= 11 is 6.32. The fourth-order valence-corrected chi connectivity index (χ4v) is 8.46. The number of ether oxygens (including phenoxy) is 1. The largest absolute Gasteiger partial charge is 0.451 e. The maximum Gasteiger partial charge on any atom is 0.331 e. The lowest BCUT2D eigenvalue weighted by atomic mass is 9.97. The van der Waals surface area contributed by atoms with Crippen molar-refractivity contribution in [1.82, 2.24) is 4.90 Å². The summed E-state index contributed by atoms with van der Waals surface area (Å²) in [6, 6.07) is 17.1. The van der Waals surface area contributed by atoms with Gasteiger partial charge in [0.2, 0.25) is 0 Å². The number of esters is 1. The van der Waals surface area contributed by atoms with Crippen LogP contribution in [0.25, 0.3) is 0 Å². The van der Waals surface area contributed by atoms with Gasteiger partial charge in [0.25, 0.3) is 5.91 Å². The minimum Gasteiger partial charge on any atom is -0.451 e. The first-order valence-corrected chi connectivity index (χ1v) is 12.4. The smallest absolute Gasteiger partial charge is 0.331 e. The first-order chi connectivity index (χ1) is 14.0. The maximum atomic E-state index is 13.3. The molecule has 2 aliphatic rings. The molecule has 2 fully saturated rings. The molecule has 0 N–H and O–H groups in total. The number of hydrogen-bond donors (Lipinski definition) is 0. The monoisotopic (exact) mass is 555 g/mol. The first-order valence-electron chi connectivity index (χ1n) is 9.25. The molecule has 2 aromatic carbocycles. The number of fused-ring (bicyclic) bond motifs is 1. The highest BCUT2D eigenvalue weighted by molar-refractivity contribution is 9.26. The Morgan fingerprint density at radius 1 is 1.00 bits per heavy atom. The van der Waals surface area contributed by atoms with Crippen molar-refractivity contribution < 1.29 is 22.7 Å². The van der Waals surface area contributed by atoms with Gasteiger partial charge in [0.15, 0.2) is 24.5 Å². The second-order valence-corrected chi connectivity index (χ2v) is 14.0. The second kappa shape index (κ2) is 7.17. The number of rotatable bonds is 4. The molecule has 30 heavy (non-hydrogen) atoms. The van der Waals surface area contributed by atoms with Gasteiger partial charge in [0.05, 0.1) is 0 Å². The second-order valence-electron chi connectivity index (χ2n) is 7.88. The number of hydrogen-bond acceptors (Lipinski definition) is 5. The van der Waals surface area contributed by atoms with Crippen LogP contribution in [-0.4, -0.2) is 44.6 Å². The van der Waals surface area contributed by atoms with E-state index in [1.165, 1.54) is 13.8 Å². The van der Waals surface area contributed by atoms with E-state index in [0.717, 1.165) is 16.0 Å². The molecular formula is C21H19Br2NO5S. The molecule has 0 aliphatic carbocycles. The van der Waals surface area contributed by atoms with Crippen LogP contribution in [0.5, 0.6) is 0 Å². The molecule has 0 aromatic heterocycles. The summed E-state index contributed by atoms with van der Waals surface area (Å²) in [4.78, 5) is 27.1. The van der Waals surface area contributed by atoms with Gasteiger partial charge in [-0.3, -0.25) is 4.79 Å². The zero-order chi connectivity index (χ0) is 21.9. The molecule has 2 saturated heterocycles. The van der Waals surface area contributed by atoms with E-state index >= 15 is 0 Å². The summed E-state index contributed by atoms with van der Waals surface area (Å²) < 4.78 is 29.2. The van der Waals surface area contributed by atoms with Gasteiger partial charge in [-0.05, 0) is 25.0 Å². The Morgan fingerprint density at radius 3 is 1.93 bits per heavy atom. The van der Waals surface area contributed by atoms with E-state index in [2.05, 4.69) is 31.9 Å². The number of β-lactam (4-membered cyclic amide) rings is 1. The van der Waals surface area contributed by atoms with E-state index < -0.39 is 47.2 Å². The SMILES string of the molecule is CC1(C)[C@H](C(=O)OC(c2ccccc2)c2ccccc2)N2C(=O)C(Br)(Br)[C@H]2S1(=O)=O. The minimum atomic E-state index is -3.85. The van der Waals surface area contributed by atoms with Crippen LogP contribution in [0.15, 0.2) is 60.7 Å². The molecule has 2 atom stereocenters. The molecule has 0 bridgehead atoms. The van der Waals surface area contributed by atoms with Crippen molar-refractivity contribution in [2.75, 3.05) is 0 Å². The molecule has 4 rings (SSSR count). The normalized spacial score (nSPS) is 25.5. The quantitative estimate of drug-likeness (QED) is 0.327. The topological polar surface area (TPSA) is 80.8 Å². The molecule has 1 amide bonds. The van der Waals surface area contributed by atoms with E-state index in [9.17, 15) is 18.0 Å². The third-order valence-electron chi connectivity index (χ3n) is 5.71. The predicted molar refractivity (Wildman–Crippen MR) is 119 cm³/mol. The molecular weight excluding hydrogens is 538 g/mol. The van der Waals surface area contributed by atoms with Crippen LogP contribution < -0.4 is 0 Å². The Kier molecular flexibility index (Phi) is 5.14. The zero-order valence-electron chi connectivity index (χ0n) is 16.2. The van der Waals surface area contributed by atoms with Crippen LogP contribution in [0.1, 0.15) is 31.1 Å². The van der Waals surface area contributed by atoms with Gasteiger partial charge >= 0.3 is 5.97 Å². The molecule has 2 heterocycles. The Bertz CT molecular complexity index is 1060. The Hall–Kier alpha value is -1.71. The highest BCUT2D eigenvalue weighted by atomic mass is 79.9. The number of sulfone groups is 1. The number of nitrogens with zero attached hydrogens (tertiary/aromatic N) is 1. The number of amides is 1. The lowest BCUT2D eigenvalue weighted by Gasteiger charge is -2.45. The number of carbonyl (C=O) groups is 2. The average Bonchev–Trinajstić information content (AvgIpc) is 2.88. The number of benzene rings is 2. The molecule has 0 radical (unpaired) electrons. The van der Waals surface area contributed by atoms with Gasteiger partial charge in [0, 0.05) is 0 Å². The van der Waals surface area contributed by atoms with E-state index in [-0.39, 0.29) is 0 Å². The maximum absolute atomic E-state index is 13.3. The van der Waals surface area contributed by atoms with Crippen LogP contribution >= 0.6 is 31.9 Å².